The predicted octanol–water partition coefficient (Wildman–Crippen LogP) is 5.81. The van der Waals surface area contributed by atoms with Crippen LogP contribution in [0.15, 0.2) is 5.16 Å². The third kappa shape index (κ3) is 5.65. The maximum atomic E-state index is 6.56. The molecule has 1 fully saturated rings. The molecule has 0 bridgehead atoms. The summed E-state index contributed by atoms with van der Waals surface area (Å²) in [7, 11) is -1.91. The summed E-state index contributed by atoms with van der Waals surface area (Å²) < 4.78 is 13.1. The van der Waals surface area contributed by atoms with Gasteiger partial charge in [-0.2, -0.15) is 0 Å². The highest BCUT2D eigenvalue weighted by Gasteiger charge is 2.48. The normalized spacial score (nSPS) is 18.8. The van der Waals surface area contributed by atoms with E-state index in [9.17, 15) is 0 Å². The molecule has 0 radical (unpaired) electrons. The molecule has 0 aromatic rings. The van der Waals surface area contributed by atoms with Crippen LogP contribution < -0.4 is 0 Å². The van der Waals surface area contributed by atoms with Crippen molar-refractivity contribution < 1.29 is 13.7 Å². The Bertz CT molecular complexity index is 448. The van der Waals surface area contributed by atoms with Crippen LogP contribution in [0.4, 0.5) is 0 Å². The van der Waals surface area contributed by atoms with E-state index in [4.69, 9.17) is 13.7 Å². The van der Waals surface area contributed by atoms with Gasteiger partial charge in [0.15, 0.2) is 16.6 Å². The number of hydrogen-bond donors (Lipinski definition) is 0. The molecule has 1 rings (SSSR count). The van der Waals surface area contributed by atoms with Gasteiger partial charge >= 0.3 is 0 Å². The van der Waals surface area contributed by atoms with Crippen molar-refractivity contribution in [2.45, 2.75) is 90.6 Å². The lowest BCUT2D eigenvalue weighted by molar-refractivity contribution is 0.0520. The van der Waals surface area contributed by atoms with Crippen LogP contribution in [-0.2, 0) is 13.7 Å². The van der Waals surface area contributed by atoms with Crippen molar-refractivity contribution in [3.63, 3.8) is 0 Å². The summed E-state index contributed by atoms with van der Waals surface area (Å²) in [6.45, 7) is 24.5. The zero-order valence-corrected chi connectivity index (χ0v) is 20.5. The number of nitrogens with zero attached hydrogens (tertiary/aromatic N) is 1. The van der Waals surface area contributed by atoms with Gasteiger partial charge in [-0.1, -0.05) is 46.7 Å². The summed E-state index contributed by atoms with van der Waals surface area (Å²) in [5, 5.41) is 4.59. The Hall–Kier alpha value is -0.176. The molecule has 0 unspecified atom stereocenters. The first kappa shape index (κ1) is 22.9. The lowest BCUT2D eigenvalue weighted by Crippen LogP contribution is -2.53. The minimum Gasteiger partial charge on any atom is -0.416 e. The van der Waals surface area contributed by atoms with Crippen molar-refractivity contribution >= 4 is 22.3 Å². The Labute approximate surface area is 158 Å². The van der Waals surface area contributed by atoms with E-state index in [1.54, 1.807) is 7.11 Å². The van der Waals surface area contributed by atoms with E-state index in [1.165, 1.54) is 0 Å². The van der Waals surface area contributed by atoms with Crippen molar-refractivity contribution in [3.05, 3.63) is 0 Å². The molecule has 6 heteroatoms. The molecule has 0 aliphatic heterocycles. The minimum atomic E-state index is -1.76. The van der Waals surface area contributed by atoms with Crippen molar-refractivity contribution in [1.29, 1.82) is 0 Å². The van der Waals surface area contributed by atoms with Crippen LogP contribution in [-0.4, -0.2) is 42.7 Å². The second-order valence-electron chi connectivity index (χ2n) is 10.8. The molecule has 0 aromatic heterocycles. The summed E-state index contributed by atoms with van der Waals surface area (Å²) >= 11 is 0. The second kappa shape index (κ2) is 7.45. The van der Waals surface area contributed by atoms with Gasteiger partial charge in [0.25, 0.3) is 0 Å². The molecule has 0 atom stereocenters. The summed E-state index contributed by atoms with van der Waals surface area (Å²) in [6, 6.07) is 0. The highest BCUT2D eigenvalue weighted by Crippen LogP contribution is 2.45. The number of hydrogen-bond acceptors (Lipinski definition) is 4. The van der Waals surface area contributed by atoms with E-state index in [2.05, 4.69) is 72.9 Å². The Morgan fingerprint density at radius 1 is 0.840 bits per heavy atom. The average Bonchev–Trinajstić information content (AvgIpc) is 2.37. The van der Waals surface area contributed by atoms with Crippen LogP contribution in [0.2, 0.25) is 36.3 Å². The molecular weight excluding hydrogens is 346 g/mol. The standard InChI is InChI=1S/C19H41NO3Si2/c1-17(2,3)24(8,9)22-14-19(12-16(13-19)20-21-7)15-23-25(10,11)18(4,5)6/h12-15H2,1-11H3. The average molecular weight is 388 g/mol. The SMILES string of the molecule is CON=C1CC(CO[Si](C)(C)C(C)(C)C)(CO[Si](C)(C)C(C)(C)C)C1. The van der Waals surface area contributed by atoms with Crippen LogP contribution >= 0.6 is 0 Å². The summed E-state index contributed by atoms with van der Waals surface area (Å²) in [5.74, 6) is 0. The maximum Gasteiger partial charge on any atom is 0.192 e. The van der Waals surface area contributed by atoms with Gasteiger partial charge in [-0.15, -0.1) is 0 Å². The smallest absolute Gasteiger partial charge is 0.192 e. The van der Waals surface area contributed by atoms with Gasteiger partial charge in [0.2, 0.25) is 0 Å². The minimum absolute atomic E-state index is 0.0579. The third-order valence-corrected chi connectivity index (χ3v) is 15.4. The van der Waals surface area contributed by atoms with E-state index in [0.717, 1.165) is 31.8 Å². The molecule has 148 valence electrons. The monoisotopic (exact) mass is 387 g/mol. The van der Waals surface area contributed by atoms with E-state index in [1.807, 2.05) is 0 Å². The van der Waals surface area contributed by atoms with Crippen LogP contribution in [0.5, 0.6) is 0 Å². The lowest BCUT2D eigenvalue weighted by Gasteiger charge is -2.48. The predicted molar refractivity (Wildman–Crippen MR) is 112 cm³/mol. The van der Waals surface area contributed by atoms with E-state index >= 15 is 0 Å². The molecule has 1 saturated carbocycles. The van der Waals surface area contributed by atoms with Crippen LogP contribution in [0.25, 0.3) is 0 Å². The zero-order valence-electron chi connectivity index (χ0n) is 18.5. The first-order valence-corrected chi connectivity index (χ1v) is 15.2. The fraction of sp³-hybridized carbons (Fsp3) is 0.947. The molecule has 0 aromatic carbocycles. The molecule has 1 aliphatic carbocycles. The van der Waals surface area contributed by atoms with Crippen LogP contribution in [0, 0.1) is 5.41 Å². The van der Waals surface area contributed by atoms with Crippen molar-refractivity contribution in [3.8, 4) is 0 Å². The van der Waals surface area contributed by atoms with Gasteiger partial charge < -0.3 is 13.7 Å². The van der Waals surface area contributed by atoms with Gasteiger partial charge in [0.05, 0.1) is 5.71 Å². The largest absolute Gasteiger partial charge is 0.416 e. The van der Waals surface area contributed by atoms with Crippen molar-refractivity contribution in [2.75, 3.05) is 20.3 Å². The Morgan fingerprint density at radius 2 is 1.20 bits per heavy atom. The van der Waals surface area contributed by atoms with Gasteiger partial charge in [-0.05, 0) is 49.1 Å². The fourth-order valence-corrected chi connectivity index (χ4v) is 4.55. The second-order valence-corrected chi connectivity index (χ2v) is 20.4. The van der Waals surface area contributed by atoms with Gasteiger partial charge in [-0.25, -0.2) is 0 Å². The summed E-state index contributed by atoms with van der Waals surface area (Å²) in [4.78, 5) is 4.96. The van der Waals surface area contributed by atoms with Crippen LogP contribution in [0.1, 0.15) is 54.4 Å². The Kier molecular flexibility index (Phi) is 6.81. The summed E-state index contributed by atoms with van der Waals surface area (Å²) in [6.07, 6.45) is 1.84. The molecule has 25 heavy (non-hydrogen) atoms. The highest BCUT2D eigenvalue weighted by molar-refractivity contribution is 6.74. The van der Waals surface area contributed by atoms with E-state index < -0.39 is 16.6 Å². The van der Waals surface area contributed by atoms with Gasteiger partial charge in [0.1, 0.15) is 7.11 Å². The molecule has 0 saturated heterocycles. The van der Waals surface area contributed by atoms with Crippen LogP contribution in [0.3, 0.4) is 0 Å². The number of rotatable bonds is 7. The molecule has 0 spiro atoms. The first-order valence-electron chi connectivity index (χ1n) is 9.42. The lowest BCUT2D eigenvalue weighted by atomic mass is 9.68. The molecule has 0 N–H and O–H groups in total. The van der Waals surface area contributed by atoms with Gasteiger partial charge in [0, 0.05) is 18.6 Å². The third-order valence-electron chi connectivity index (χ3n) is 6.47. The van der Waals surface area contributed by atoms with E-state index in [0.29, 0.717) is 0 Å². The molecule has 0 heterocycles. The van der Waals surface area contributed by atoms with Crippen molar-refractivity contribution in [2.24, 2.45) is 10.6 Å². The Balaban J connectivity index is 2.82. The molecule has 0 amide bonds. The first-order chi connectivity index (χ1) is 11.1. The fourth-order valence-electron chi connectivity index (χ4n) is 2.35. The molecule has 1 aliphatic rings. The van der Waals surface area contributed by atoms with Crippen molar-refractivity contribution in [1.82, 2.24) is 0 Å². The number of oxime groups is 1. The molecular formula is C19H41NO3Si2. The zero-order chi connectivity index (χ0) is 19.7. The summed E-state index contributed by atoms with van der Waals surface area (Å²) in [5.41, 5.74) is 1.18. The molecule has 4 nitrogen and oxygen atoms in total. The van der Waals surface area contributed by atoms with Gasteiger partial charge in [-0.3, -0.25) is 0 Å². The Morgan fingerprint density at radius 3 is 1.48 bits per heavy atom. The maximum absolute atomic E-state index is 6.56. The quantitative estimate of drug-likeness (QED) is 0.408. The topological polar surface area (TPSA) is 40.0 Å². The highest BCUT2D eigenvalue weighted by atomic mass is 28.4. The van der Waals surface area contributed by atoms with E-state index in [-0.39, 0.29) is 15.5 Å².